The number of benzene rings is 1. The molecule has 1 amide bonds. The quantitative estimate of drug-likeness (QED) is 0.766. The minimum atomic E-state index is -3.76. The van der Waals surface area contributed by atoms with Gasteiger partial charge in [0, 0.05) is 24.7 Å². The first kappa shape index (κ1) is 18.9. The lowest BCUT2D eigenvalue weighted by Crippen LogP contribution is -2.46. The Labute approximate surface area is 153 Å². The highest BCUT2D eigenvalue weighted by atomic mass is 32.2. The average molecular weight is 383 g/mol. The fraction of sp³-hybridized carbons (Fsp3) is 0.588. The van der Waals surface area contributed by atoms with Crippen molar-refractivity contribution in [3.8, 4) is 11.5 Å². The van der Waals surface area contributed by atoms with Gasteiger partial charge in [0.05, 0.1) is 12.8 Å². The topological polar surface area (TPSA) is 97.0 Å². The molecular weight excluding hydrogens is 358 g/mol. The molecule has 144 valence electrons. The maximum Gasteiger partial charge on any atom is 0.262 e. The Kier molecular flexibility index (Phi) is 5.69. The van der Waals surface area contributed by atoms with Crippen LogP contribution in [-0.4, -0.2) is 58.0 Å². The van der Waals surface area contributed by atoms with E-state index in [9.17, 15) is 13.2 Å². The monoisotopic (exact) mass is 383 g/mol. The Balaban J connectivity index is 2.02. The number of methoxy groups -OCH3 is 1. The molecule has 0 aliphatic carbocycles. The van der Waals surface area contributed by atoms with Crippen LogP contribution in [0.3, 0.4) is 0 Å². The van der Waals surface area contributed by atoms with Crippen LogP contribution < -0.4 is 20.1 Å². The van der Waals surface area contributed by atoms with Crippen molar-refractivity contribution in [1.29, 1.82) is 0 Å². The molecule has 1 aromatic rings. The minimum Gasteiger partial charge on any atom is -0.495 e. The van der Waals surface area contributed by atoms with Gasteiger partial charge in [-0.3, -0.25) is 4.79 Å². The second-order valence-corrected chi connectivity index (χ2v) is 8.29. The zero-order valence-electron chi connectivity index (χ0n) is 15.1. The third-order valence-electron chi connectivity index (χ3n) is 4.65. The van der Waals surface area contributed by atoms with Gasteiger partial charge in [0.15, 0.2) is 6.61 Å². The van der Waals surface area contributed by atoms with E-state index in [1.54, 1.807) is 4.31 Å². The van der Waals surface area contributed by atoms with E-state index in [2.05, 4.69) is 10.6 Å². The van der Waals surface area contributed by atoms with Crippen molar-refractivity contribution < 1.29 is 22.7 Å². The highest BCUT2D eigenvalue weighted by Gasteiger charge is 2.35. The van der Waals surface area contributed by atoms with Crippen molar-refractivity contribution in [1.82, 2.24) is 9.62 Å². The first-order chi connectivity index (χ1) is 12.5. The zero-order valence-corrected chi connectivity index (χ0v) is 15.9. The van der Waals surface area contributed by atoms with E-state index in [0.29, 0.717) is 18.0 Å². The van der Waals surface area contributed by atoms with Gasteiger partial charge in [-0.05, 0) is 32.4 Å². The van der Waals surface area contributed by atoms with Crippen molar-refractivity contribution >= 4 is 21.6 Å². The summed E-state index contributed by atoms with van der Waals surface area (Å²) in [7, 11) is -2.35. The van der Waals surface area contributed by atoms with Crippen LogP contribution in [0.1, 0.15) is 26.2 Å². The number of carbonyl (C=O) groups is 1. The van der Waals surface area contributed by atoms with Crippen LogP contribution in [0.5, 0.6) is 11.5 Å². The number of ether oxygens (including phenoxy) is 2. The van der Waals surface area contributed by atoms with E-state index in [1.165, 1.54) is 19.2 Å². The highest BCUT2D eigenvalue weighted by Crippen LogP contribution is 2.39. The summed E-state index contributed by atoms with van der Waals surface area (Å²) < 4.78 is 39.2. The molecule has 1 saturated heterocycles. The lowest BCUT2D eigenvalue weighted by atomic mass is 10.1. The van der Waals surface area contributed by atoms with E-state index >= 15 is 0 Å². The molecular formula is C17H25N3O5S. The van der Waals surface area contributed by atoms with Gasteiger partial charge < -0.3 is 20.1 Å². The molecule has 0 radical (unpaired) electrons. The number of carbonyl (C=O) groups excluding carboxylic acids is 1. The van der Waals surface area contributed by atoms with E-state index in [-0.39, 0.29) is 29.2 Å². The van der Waals surface area contributed by atoms with Crippen LogP contribution in [0.4, 0.5) is 5.69 Å². The van der Waals surface area contributed by atoms with Crippen LogP contribution >= 0.6 is 0 Å². The van der Waals surface area contributed by atoms with Gasteiger partial charge in [0.1, 0.15) is 16.4 Å². The fourth-order valence-electron chi connectivity index (χ4n) is 3.39. The molecule has 0 saturated carbocycles. The Bertz CT molecular complexity index is 775. The molecule has 1 aromatic carbocycles. The van der Waals surface area contributed by atoms with Crippen LogP contribution in [0.15, 0.2) is 17.0 Å². The number of amides is 1. The fourth-order valence-corrected chi connectivity index (χ4v) is 5.32. The first-order valence-electron chi connectivity index (χ1n) is 8.84. The number of nitrogens with one attached hydrogen (secondary N) is 2. The Hall–Kier alpha value is -1.84. The summed E-state index contributed by atoms with van der Waals surface area (Å²) >= 11 is 0. The third kappa shape index (κ3) is 3.65. The predicted octanol–water partition coefficient (Wildman–Crippen LogP) is 1.18. The molecule has 2 aliphatic rings. The summed E-state index contributed by atoms with van der Waals surface area (Å²) in [5.74, 6) is 0.257. The second-order valence-electron chi connectivity index (χ2n) is 6.43. The highest BCUT2D eigenvalue weighted by molar-refractivity contribution is 7.89. The van der Waals surface area contributed by atoms with Crippen LogP contribution in [0.2, 0.25) is 0 Å². The number of hydrogen-bond acceptors (Lipinski definition) is 6. The average Bonchev–Trinajstić information content (AvgIpc) is 2.65. The molecule has 3 rings (SSSR count). The van der Waals surface area contributed by atoms with E-state index in [1.807, 2.05) is 6.92 Å². The molecule has 0 atom stereocenters. The summed E-state index contributed by atoms with van der Waals surface area (Å²) in [6.07, 6.45) is 2.28. The Morgan fingerprint density at radius 2 is 2.04 bits per heavy atom. The summed E-state index contributed by atoms with van der Waals surface area (Å²) in [5.41, 5.74) is 0.418. The number of piperidine rings is 1. The van der Waals surface area contributed by atoms with E-state index in [4.69, 9.17) is 9.47 Å². The molecule has 0 bridgehead atoms. The standard InChI is InChI=1S/C17H25N3O5S/c1-3-8-20(12-4-6-18-7-5-12)26(22,23)16-10-14-13(9-15(16)24-2)19-17(21)11-25-14/h9-10,12,18H,3-8,11H2,1-2H3,(H,19,21). The van der Waals surface area contributed by atoms with Crippen molar-refractivity contribution in [2.24, 2.45) is 0 Å². The van der Waals surface area contributed by atoms with Gasteiger partial charge in [-0.1, -0.05) is 6.92 Å². The number of rotatable bonds is 6. The molecule has 9 heteroatoms. The normalized spacial score (nSPS) is 18.2. The molecule has 8 nitrogen and oxygen atoms in total. The molecule has 0 spiro atoms. The molecule has 0 unspecified atom stereocenters. The van der Waals surface area contributed by atoms with Crippen molar-refractivity contribution in [3.63, 3.8) is 0 Å². The lowest BCUT2D eigenvalue weighted by Gasteiger charge is -2.34. The summed E-state index contributed by atoms with van der Waals surface area (Å²) in [5, 5.41) is 5.93. The van der Waals surface area contributed by atoms with Crippen LogP contribution in [-0.2, 0) is 14.8 Å². The molecule has 1 fully saturated rings. The Morgan fingerprint density at radius 3 is 2.69 bits per heavy atom. The molecule has 26 heavy (non-hydrogen) atoms. The zero-order chi connectivity index (χ0) is 18.7. The van der Waals surface area contributed by atoms with Crippen LogP contribution in [0.25, 0.3) is 0 Å². The summed E-state index contributed by atoms with van der Waals surface area (Å²) in [6.45, 7) is 3.89. The molecule has 2 N–H and O–H groups in total. The van der Waals surface area contributed by atoms with Crippen LogP contribution in [0, 0.1) is 0 Å². The smallest absolute Gasteiger partial charge is 0.262 e. The van der Waals surface area contributed by atoms with Gasteiger partial charge >= 0.3 is 0 Å². The van der Waals surface area contributed by atoms with Crippen molar-refractivity contribution in [2.75, 3.05) is 38.7 Å². The lowest BCUT2D eigenvalue weighted by molar-refractivity contribution is -0.118. The van der Waals surface area contributed by atoms with Gasteiger partial charge in [-0.15, -0.1) is 0 Å². The van der Waals surface area contributed by atoms with Crippen molar-refractivity contribution in [3.05, 3.63) is 12.1 Å². The Morgan fingerprint density at radius 1 is 1.31 bits per heavy atom. The maximum absolute atomic E-state index is 13.4. The summed E-state index contributed by atoms with van der Waals surface area (Å²) in [6, 6.07) is 2.92. The predicted molar refractivity (Wildman–Crippen MR) is 97.2 cm³/mol. The van der Waals surface area contributed by atoms with Gasteiger partial charge in [-0.25, -0.2) is 8.42 Å². The summed E-state index contributed by atoms with van der Waals surface area (Å²) in [4.78, 5) is 11.6. The number of hydrogen-bond donors (Lipinski definition) is 2. The maximum atomic E-state index is 13.4. The van der Waals surface area contributed by atoms with Crippen molar-refractivity contribution in [2.45, 2.75) is 37.1 Å². The van der Waals surface area contributed by atoms with E-state index in [0.717, 1.165) is 32.4 Å². The number of nitrogens with zero attached hydrogens (tertiary/aromatic N) is 1. The molecule has 0 aromatic heterocycles. The van der Waals surface area contributed by atoms with Gasteiger partial charge in [0.25, 0.3) is 5.91 Å². The minimum absolute atomic E-state index is 0.0393. The number of sulfonamides is 1. The second kappa shape index (κ2) is 7.81. The SMILES string of the molecule is CCCN(C1CCNCC1)S(=O)(=O)c1cc2c(cc1OC)NC(=O)CO2. The third-order valence-corrected chi connectivity index (χ3v) is 6.62. The van der Waals surface area contributed by atoms with Gasteiger partial charge in [-0.2, -0.15) is 4.31 Å². The molecule has 2 aliphatic heterocycles. The number of anilines is 1. The van der Waals surface area contributed by atoms with Gasteiger partial charge in [0.2, 0.25) is 10.0 Å². The molecule has 2 heterocycles. The first-order valence-corrected chi connectivity index (χ1v) is 10.3. The van der Waals surface area contributed by atoms with E-state index < -0.39 is 10.0 Å². The number of fused-ring (bicyclic) bond motifs is 1. The largest absolute Gasteiger partial charge is 0.495 e.